The van der Waals surface area contributed by atoms with Gasteiger partial charge in [-0.15, -0.1) is 0 Å². The third-order valence-electron chi connectivity index (χ3n) is 4.16. The second-order valence-corrected chi connectivity index (χ2v) is 6.43. The molecule has 0 saturated heterocycles. The Hall–Kier alpha value is -2.34. The molecule has 2 aromatic rings. The van der Waals surface area contributed by atoms with Crippen molar-refractivity contribution in [1.82, 2.24) is 14.8 Å². The molecule has 6 nitrogen and oxygen atoms in total. The lowest BCUT2D eigenvalue weighted by molar-refractivity contribution is -0.139. The number of benzene rings is 1. The Morgan fingerprint density at radius 2 is 2.24 bits per heavy atom. The number of esters is 1. The largest absolute Gasteiger partial charge is 0.462 e. The number of aromatic nitrogens is 3. The van der Waals surface area contributed by atoms with Gasteiger partial charge in [-0.3, -0.25) is 0 Å². The maximum absolute atomic E-state index is 12.8. The lowest BCUT2D eigenvalue weighted by atomic mass is 9.96. The summed E-state index contributed by atoms with van der Waals surface area (Å²) in [6.45, 7) is 4.37. The number of nitrogens with zero attached hydrogens (tertiary/aromatic N) is 3. The number of fused-ring (bicyclic) bond motifs is 1. The molecule has 0 unspecified atom stereocenters. The minimum absolute atomic E-state index is 0.341. The molecular weight excluding hydrogens is 340 g/mol. The van der Waals surface area contributed by atoms with Crippen LogP contribution in [-0.2, 0) is 9.53 Å². The molecule has 0 saturated carbocycles. The van der Waals surface area contributed by atoms with Gasteiger partial charge in [0.25, 0.3) is 0 Å². The molecule has 0 fully saturated rings. The van der Waals surface area contributed by atoms with Crippen molar-refractivity contribution in [2.75, 3.05) is 11.9 Å². The number of unbranched alkanes of at least 4 members (excludes halogenated alkanes) is 2. The molecule has 1 aromatic heterocycles. The van der Waals surface area contributed by atoms with E-state index in [2.05, 4.69) is 22.3 Å². The lowest BCUT2D eigenvalue weighted by Gasteiger charge is -2.28. The summed E-state index contributed by atoms with van der Waals surface area (Å²) >= 11 is 6.15. The lowest BCUT2D eigenvalue weighted by Crippen LogP contribution is -2.29. The molecule has 1 atom stereocenters. The minimum Gasteiger partial charge on any atom is -0.462 e. The first-order valence-corrected chi connectivity index (χ1v) is 8.79. The zero-order chi connectivity index (χ0) is 17.8. The van der Waals surface area contributed by atoms with E-state index in [-0.39, 0.29) is 5.97 Å². The van der Waals surface area contributed by atoms with Crippen molar-refractivity contribution in [2.45, 2.75) is 39.2 Å². The fraction of sp³-hybridized carbons (Fsp3) is 0.389. The molecule has 0 spiro atoms. The Morgan fingerprint density at radius 3 is 3.00 bits per heavy atom. The number of nitrogens with one attached hydrogen (secondary N) is 1. The molecule has 0 radical (unpaired) electrons. The molecule has 2 heterocycles. The van der Waals surface area contributed by atoms with Gasteiger partial charge in [-0.05, 0) is 31.0 Å². The molecule has 1 aromatic carbocycles. The number of hydrogen-bond donors (Lipinski definition) is 1. The van der Waals surface area contributed by atoms with Crippen molar-refractivity contribution in [3.8, 4) is 0 Å². The zero-order valence-corrected chi connectivity index (χ0v) is 15.1. The smallest absolute Gasteiger partial charge is 0.338 e. The predicted molar refractivity (Wildman–Crippen MR) is 96.4 cm³/mol. The van der Waals surface area contributed by atoms with Crippen LogP contribution in [0.25, 0.3) is 0 Å². The van der Waals surface area contributed by atoms with E-state index < -0.39 is 6.04 Å². The number of carbonyl (C=O) groups is 1. The predicted octanol–water partition coefficient (Wildman–Crippen LogP) is 3.95. The summed E-state index contributed by atoms with van der Waals surface area (Å²) in [5.74, 6) is 0.247. The molecule has 1 N–H and O–H groups in total. The molecular formula is C18H21ClN4O2. The molecule has 1 aliphatic rings. The van der Waals surface area contributed by atoms with Crippen LogP contribution in [0.1, 0.15) is 44.7 Å². The molecule has 0 aliphatic carbocycles. The number of rotatable bonds is 6. The maximum atomic E-state index is 12.8. The van der Waals surface area contributed by atoms with Crippen LogP contribution in [0, 0.1) is 0 Å². The van der Waals surface area contributed by atoms with Crippen molar-refractivity contribution in [1.29, 1.82) is 0 Å². The van der Waals surface area contributed by atoms with Crippen molar-refractivity contribution in [3.63, 3.8) is 0 Å². The van der Waals surface area contributed by atoms with E-state index in [0.717, 1.165) is 24.8 Å². The van der Waals surface area contributed by atoms with Gasteiger partial charge in [0.15, 0.2) is 0 Å². The van der Waals surface area contributed by atoms with Crippen LogP contribution in [0.4, 0.5) is 5.95 Å². The summed E-state index contributed by atoms with van der Waals surface area (Å²) in [6.07, 6.45) is 4.43. The molecule has 132 valence electrons. The highest BCUT2D eigenvalue weighted by Gasteiger charge is 2.34. The standard InChI is InChI=1S/C18H21ClN4O2/c1-3-4-5-9-25-17(24)15-12(2)22-18-20-11-21-23(18)16(15)13-7-6-8-14(19)10-13/h6-8,10-11,16H,3-5,9H2,1-2H3,(H,20,21,22)/t16-/m1/s1. The second-order valence-electron chi connectivity index (χ2n) is 5.99. The molecule has 25 heavy (non-hydrogen) atoms. The normalized spacial score (nSPS) is 16.4. The Bertz CT molecular complexity index is 800. The summed E-state index contributed by atoms with van der Waals surface area (Å²) in [6, 6.07) is 6.99. The quantitative estimate of drug-likeness (QED) is 0.624. The van der Waals surface area contributed by atoms with Gasteiger partial charge in [-0.2, -0.15) is 10.1 Å². The third kappa shape index (κ3) is 3.69. The fourth-order valence-electron chi connectivity index (χ4n) is 2.93. The van der Waals surface area contributed by atoms with E-state index in [9.17, 15) is 4.79 Å². The van der Waals surface area contributed by atoms with Crippen molar-refractivity contribution in [3.05, 3.63) is 52.4 Å². The highest BCUT2D eigenvalue weighted by Crippen LogP contribution is 2.35. The monoisotopic (exact) mass is 360 g/mol. The summed E-state index contributed by atoms with van der Waals surface area (Å²) in [7, 11) is 0. The van der Waals surface area contributed by atoms with E-state index in [0.29, 0.717) is 28.8 Å². The molecule has 0 amide bonds. The van der Waals surface area contributed by atoms with Gasteiger partial charge < -0.3 is 10.1 Å². The van der Waals surface area contributed by atoms with Crippen LogP contribution in [0.5, 0.6) is 0 Å². The van der Waals surface area contributed by atoms with Gasteiger partial charge in [0, 0.05) is 10.7 Å². The van der Waals surface area contributed by atoms with Crippen molar-refractivity contribution >= 4 is 23.5 Å². The average molecular weight is 361 g/mol. The zero-order valence-electron chi connectivity index (χ0n) is 14.3. The topological polar surface area (TPSA) is 69.0 Å². The van der Waals surface area contributed by atoms with Gasteiger partial charge in [0.05, 0.1) is 12.2 Å². The number of hydrogen-bond acceptors (Lipinski definition) is 5. The Labute approximate surface area is 151 Å². The Kier molecular flexibility index (Phi) is 5.38. The molecule has 3 rings (SSSR count). The number of allylic oxidation sites excluding steroid dienone is 1. The SMILES string of the molecule is CCCCCOC(=O)C1=C(C)Nc2ncnn2[C@@H]1c1cccc(Cl)c1. The third-order valence-corrected chi connectivity index (χ3v) is 4.39. The fourth-order valence-corrected chi connectivity index (χ4v) is 3.13. The minimum atomic E-state index is -0.420. The summed E-state index contributed by atoms with van der Waals surface area (Å²) in [4.78, 5) is 17.0. The van der Waals surface area contributed by atoms with Crippen LogP contribution in [0.3, 0.4) is 0 Å². The summed E-state index contributed by atoms with van der Waals surface area (Å²) < 4.78 is 7.18. The highest BCUT2D eigenvalue weighted by molar-refractivity contribution is 6.30. The Balaban J connectivity index is 1.94. The van der Waals surface area contributed by atoms with E-state index in [1.54, 1.807) is 10.7 Å². The molecule has 0 bridgehead atoms. The van der Waals surface area contributed by atoms with Crippen molar-refractivity contribution in [2.24, 2.45) is 0 Å². The van der Waals surface area contributed by atoms with Gasteiger partial charge in [0.2, 0.25) is 5.95 Å². The van der Waals surface area contributed by atoms with Crippen LogP contribution < -0.4 is 5.32 Å². The second kappa shape index (κ2) is 7.70. The number of anilines is 1. The first-order valence-electron chi connectivity index (χ1n) is 8.41. The van der Waals surface area contributed by atoms with Gasteiger partial charge in [-0.1, -0.05) is 43.5 Å². The molecule has 7 heteroatoms. The Morgan fingerprint density at radius 1 is 1.40 bits per heavy atom. The van der Waals surface area contributed by atoms with Crippen molar-refractivity contribution < 1.29 is 9.53 Å². The first kappa shape index (κ1) is 17.5. The number of halogens is 1. The van der Waals surface area contributed by atoms with Gasteiger partial charge in [-0.25, -0.2) is 9.48 Å². The molecule has 1 aliphatic heterocycles. The number of ether oxygens (including phenoxy) is 1. The average Bonchev–Trinajstić information content (AvgIpc) is 3.05. The number of carbonyl (C=O) groups excluding carboxylic acids is 1. The first-order chi connectivity index (χ1) is 12.1. The summed E-state index contributed by atoms with van der Waals surface area (Å²) in [5, 5.41) is 8.00. The van der Waals surface area contributed by atoms with E-state index in [1.165, 1.54) is 6.33 Å². The van der Waals surface area contributed by atoms with Crippen LogP contribution in [0.2, 0.25) is 5.02 Å². The van der Waals surface area contributed by atoms with Gasteiger partial charge in [0.1, 0.15) is 12.4 Å². The van der Waals surface area contributed by atoms with Crippen LogP contribution in [-0.4, -0.2) is 27.3 Å². The van der Waals surface area contributed by atoms with Crippen LogP contribution in [0.15, 0.2) is 41.9 Å². The maximum Gasteiger partial charge on any atom is 0.338 e. The van der Waals surface area contributed by atoms with Crippen LogP contribution >= 0.6 is 11.6 Å². The van der Waals surface area contributed by atoms with E-state index in [4.69, 9.17) is 16.3 Å². The summed E-state index contributed by atoms with van der Waals surface area (Å²) in [5.41, 5.74) is 2.10. The highest BCUT2D eigenvalue weighted by atomic mass is 35.5. The van der Waals surface area contributed by atoms with Gasteiger partial charge >= 0.3 is 5.97 Å². The van der Waals surface area contributed by atoms with E-state index >= 15 is 0 Å². The van der Waals surface area contributed by atoms with E-state index in [1.807, 2.05) is 25.1 Å².